The molecule has 2 aromatic heterocycles. The number of hydrogen-bond donors (Lipinski definition) is 2. The van der Waals surface area contributed by atoms with Crippen LogP contribution in [0.1, 0.15) is 47.2 Å². The Labute approximate surface area is 172 Å². The number of nitrogens with two attached hydrogens (primary N) is 1. The predicted molar refractivity (Wildman–Crippen MR) is 108 cm³/mol. The highest BCUT2D eigenvalue weighted by Crippen LogP contribution is 2.33. The summed E-state index contributed by atoms with van der Waals surface area (Å²) in [5.41, 5.74) is 9.17. The maximum Gasteiger partial charge on any atom is 0.255 e. The van der Waals surface area contributed by atoms with E-state index >= 15 is 0 Å². The molecule has 154 valence electrons. The predicted octanol–water partition coefficient (Wildman–Crippen LogP) is 2.64. The smallest absolute Gasteiger partial charge is 0.255 e. The van der Waals surface area contributed by atoms with Crippen molar-refractivity contribution in [2.24, 2.45) is 0 Å². The van der Waals surface area contributed by atoms with E-state index in [1.165, 1.54) is 24.5 Å². The molecule has 3 heterocycles. The number of anilines is 1. The number of amides is 1. The van der Waals surface area contributed by atoms with Crippen molar-refractivity contribution in [3.63, 3.8) is 0 Å². The quantitative estimate of drug-likeness (QED) is 0.667. The summed E-state index contributed by atoms with van der Waals surface area (Å²) in [4.78, 5) is 29.9. The molecule has 30 heavy (non-hydrogen) atoms. The standard InChI is InChI=1S/C21H21FN6O2/c1-3-14-19-16(28-21(23)27-14)8-15(26-20(19)29)12-6-5-11(22)7-13(12)17-9-24-10-18(25-17)30-4-2/h5-7,9-10,15H,3-4,8H2,1-2H3,(H,26,29)(H2,23,27,28). The van der Waals surface area contributed by atoms with Crippen molar-refractivity contribution < 1.29 is 13.9 Å². The van der Waals surface area contributed by atoms with Gasteiger partial charge in [0.05, 0.1) is 47.7 Å². The van der Waals surface area contributed by atoms with E-state index in [2.05, 4.69) is 25.3 Å². The second kappa shape index (κ2) is 8.02. The lowest BCUT2D eigenvalue weighted by Crippen LogP contribution is -2.37. The fourth-order valence-electron chi connectivity index (χ4n) is 3.66. The molecule has 0 spiro atoms. The number of hydrogen-bond acceptors (Lipinski definition) is 7. The van der Waals surface area contributed by atoms with Crippen LogP contribution in [-0.4, -0.2) is 32.4 Å². The Bertz CT molecular complexity index is 1120. The molecule has 4 rings (SSSR count). The monoisotopic (exact) mass is 408 g/mol. The molecule has 1 unspecified atom stereocenters. The van der Waals surface area contributed by atoms with Gasteiger partial charge in [-0.05, 0) is 31.0 Å². The molecule has 0 saturated heterocycles. The van der Waals surface area contributed by atoms with Gasteiger partial charge in [-0.1, -0.05) is 13.0 Å². The van der Waals surface area contributed by atoms with Crippen LogP contribution in [0, 0.1) is 5.82 Å². The Hall–Kier alpha value is -3.62. The van der Waals surface area contributed by atoms with Gasteiger partial charge in [0.1, 0.15) is 5.82 Å². The van der Waals surface area contributed by atoms with Crippen LogP contribution in [0.2, 0.25) is 0 Å². The number of carbonyl (C=O) groups is 1. The number of benzene rings is 1. The Morgan fingerprint density at radius 1 is 1.23 bits per heavy atom. The molecule has 0 aliphatic carbocycles. The number of rotatable bonds is 5. The maximum absolute atomic E-state index is 14.1. The summed E-state index contributed by atoms with van der Waals surface area (Å²) in [6.07, 6.45) is 4.00. The maximum atomic E-state index is 14.1. The zero-order valence-electron chi connectivity index (χ0n) is 16.6. The Morgan fingerprint density at radius 3 is 2.83 bits per heavy atom. The minimum Gasteiger partial charge on any atom is -0.477 e. The summed E-state index contributed by atoms with van der Waals surface area (Å²) >= 11 is 0. The van der Waals surface area contributed by atoms with Crippen LogP contribution < -0.4 is 15.8 Å². The molecule has 9 heteroatoms. The zero-order valence-corrected chi connectivity index (χ0v) is 16.6. The number of fused-ring (bicyclic) bond motifs is 1. The van der Waals surface area contributed by atoms with Gasteiger partial charge >= 0.3 is 0 Å². The van der Waals surface area contributed by atoms with Gasteiger partial charge in [-0.2, -0.15) is 0 Å². The second-order valence-corrected chi connectivity index (χ2v) is 6.84. The topological polar surface area (TPSA) is 116 Å². The first-order valence-corrected chi connectivity index (χ1v) is 9.70. The molecule has 1 aliphatic rings. The van der Waals surface area contributed by atoms with Gasteiger partial charge in [0.2, 0.25) is 11.8 Å². The fourth-order valence-corrected chi connectivity index (χ4v) is 3.66. The lowest BCUT2D eigenvalue weighted by Gasteiger charge is -2.28. The fraction of sp³-hybridized carbons (Fsp3) is 0.286. The highest BCUT2D eigenvalue weighted by atomic mass is 19.1. The van der Waals surface area contributed by atoms with Crippen molar-refractivity contribution in [2.45, 2.75) is 32.7 Å². The van der Waals surface area contributed by atoms with Gasteiger partial charge in [-0.15, -0.1) is 0 Å². The molecule has 1 amide bonds. The first-order valence-electron chi connectivity index (χ1n) is 9.70. The van der Waals surface area contributed by atoms with E-state index in [9.17, 15) is 9.18 Å². The lowest BCUT2D eigenvalue weighted by molar-refractivity contribution is 0.0922. The molecule has 3 N–H and O–H groups in total. The molecule has 1 aliphatic heterocycles. The molecule has 0 fully saturated rings. The summed E-state index contributed by atoms with van der Waals surface area (Å²) < 4.78 is 19.5. The minimum absolute atomic E-state index is 0.133. The normalized spacial score (nSPS) is 15.4. The molecule has 8 nitrogen and oxygen atoms in total. The van der Waals surface area contributed by atoms with E-state index in [-0.39, 0.29) is 11.9 Å². The van der Waals surface area contributed by atoms with Crippen molar-refractivity contribution >= 4 is 11.9 Å². The third kappa shape index (κ3) is 3.66. The van der Waals surface area contributed by atoms with Gasteiger partial charge in [0.25, 0.3) is 5.91 Å². The van der Waals surface area contributed by atoms with Crippen LogP contribution in [0.5, 0.6) is 5.88 Å². The highest BCUT2D eigenvalue weighted by molar-refractivity contribution is 5.98. The van der Waals surface area contributed by atoms with E-state index in [1.54, 1.807) is 6.07 Å². The third-order valence-corrected chi connectivity index (χ3v) is 4.91. The summed E-state index contributed by atoms with van der Waals surface area (Å²) in [5.74, 6) is -0.215. The van der Waals surface area contributed by atoms with Gasteiger partial charge in [-0.25, -0.2) is 19.3 Å². The molecule has 0 radical (unpaired) electrons. The molecular weight excluding hydrogens is 387 g/mol. The number of nitrogens with zero attached hydrogens (tertiary/aromatic N) is 4. The molecular formula is C21H21FN6O2. The van der Waals surface area contributed by atoms with E-state index in [1.807, 2.05) is 13.8 Å². The van der Waals surface area contributed by atoms with Crippen molar-refractivity contribution in [1.82, 2.24) is 25.3 Å². The largest absolute Gasteiger partial charge is 0.477 e. The summed E-state index contributed by atoms with van der Waals surface area (Å²) in [6, 6.07) is 3.94. The molecule has 0 saturated carbocycles. The minimum atomic E-state index is -0.433. The van der Waals surface area contributed by atoms with Crippen LogP contribution in [0.15, 0.2) is 30.6 Å². The summed E-state index contributed by atoms with van der Waals surface area (Å²) in [5, 5.41) is 2.99. The average molecular weight is 408 g/mol. The SMILES string of the molecule is CCOc1cncc(-c2cc(F)ccc2C2Cc3nc(N)nc(CC)c3C(=O)N2)n1. The highest BCUT2D eigenvalue weighted by Gasteiger charge is 2.31. The van der Waals surface area contributed by atoms with Gasteiger partial charge < -0.3 is 15.8 Å². The first kappa shape index (κ1) is 19.7. The lowest BCUT2D eigenvalue weighted by atomic mass is 9.90. The summed E-state index contributed by atoms with van der Waals surface area (Å²) in [6.45, 7) is 4.18. The number of halogens is 1. The van der Waals surface area contributed by atoms with Crippen LogP contribution in [-0.2, 0) is 12.8 Å². The van der Waals surface area contributed by atoms with E-state index in [4.69, 9.17) is 10.5 Å². The third-order valence-electron chi connectivity index (χ3n) is 4.91. The zero-order chi connectivity index (χ0) is 21.3. The number of nitrogens with one attached hydrogen (secondary N) is 1. The molecule has 1 aromatic carbocycles. The molecule has 3 aromatic rings. The van der Waals surface area contributed by atoms with Gasteiger partial charge in [-0.3, -0.25) is 9.78 Å². The second-order valence-electron chi connectivity index (χ2n) is 6.84. The van der Waals surface area contributed by atoms with Crippen molar-refractivity contribution in [3.05, 3.63) is 58.9 Å². The van der Waals surface area contributed by atoms with Crippen molar-refractivity contribution in [2.75, 3.05) is 12.3 Å². The van der Waals surface area contributed by atoms with Gasteiger partial charge in [0, 0.05) is 12.0 Å². The van der Waals surface area contributed by atoms with Crippen LogP contribution in [0.4, 0.5) is 10.3 Å². The Morgan fingerprint density at radius 2 is 2.07 bits per heavy atom. The summed E-state index contributed by atoms with van der Waals surface area (Å²) in [7, 11) is 0. The van der Waals surface area contributed by atoms with Crippen molar-refractivity contribution in [1.29, 1.82) is 0 Å². The van der Waals surface area contributed by atoms with Crippen LogP contribution in [0.25, 0.3) is 11.3 Å². The van der Waals surface area contributed by atoms with E-state index < -0.39 is 11.9 Å². The number of ether oxygens (including phenoxy) is 1. The number of aryl methyl sites for hydroxylation is 1. The number of nitrogen functional groups attached to an aromatic ring is 1. The molecule has 0 bridgehead atoms. The number of aromatic nitrogens is 4. The van der Waals surface area contributed by atoms with Crippen LogP contribution in [0.3, 0.4) is 0 Å². The van der Waals surface area contributed by atoms with E-state index in [0.29, 0.717) is 59.1 Å². The van der Waals surface area contributed by atoms with Crippen molar-refractivity contribution in [3.8, 4) is 17.1 Å². The Balaban J connectivity index is 1.78. The Kier molecular flexibility index (Phi) is 5.26. The number of carbonyl (C=O) groups excluding carboxylic acids is 1. The van der Waals surface area contributed by atoms with E-state index in [0.717, 1.165) is 0 Å². The molecule has 1 atom stereocenters. The average Bonchev–Trinajstić information content (AvgIpc) is 2.73. The first-order chi connectivity index (χ1) is 14.5. The van der Waals surface area contributed by atoms with Gasteiger partial charge in [0.15, 0.2) is 0 Å². The van der Waals surface area contributed by atoms with Crippen LogP contribution >= 0.6 is 0 Å².